The zero-order valence-corrected chi connectivity index (χ0v) is 18.3. The molecule has 1 amide bonds. The number of aryl methyl sites for hydroxylation is 1. The highest BCUT2D eigenvalue weighted by molar-refractivity contribution is 7.22. The molecular weight excluding hydrogens is 445 g/mol. The number of hydrogen-bond acceptors (Lipinski definition) is 5. The number of methoxy groups -OCH3 is 1. The normalized spacial score (nSPS) is 10.9. The Kier molecular flexibility index (Phi) is 5.60. The van der Waals surface area contributed by atoms with E-state index in [4.69, 9.17) is 16.3 Å². The van der Waals surface area contributed by atoms with Gasteiger partial charge < -0.3 is 10.1 Å². The van der Waals surface area contributed by atoms with E-state index in [-0.39, 0.29) is 11.4 Å². The Hall–Kier alpha value is -2.74. The van der Waals surface area contributed by atoms with Gasteiger partial charge >= 0.3 is 5.97 Å². The molecule has 0 fully saturated rings. The summed E-state index contributed by atoms with van der Waals surface area (Å²) in [7, 11) is 1.28. The lowest BCUT2D eigenvalue weighted by atomic mass is 10.0. The molecule has 8 heteroatoms. The van der Waals surface area contributed by atoms with E-state index in [1.807, 2.05) is 31.2 Å². The molecule has 0 unspecified atom stereocenters. The van der Waals surface area contributed by atoms with Crippen LogP contribution in [0.2, 0.25) is 5.02 Å². The van der Waals surface area contributed by atoms with Crippen molar-refractivity contribution in [3.63, 3.8) is 0 Å². The third-order valence-electron chi connectivity index (χ3n) is 4.57. The van der Waals surface area contributed by atoms with Crippen LogP contribution >= 0.6 is 34.3 Å². The summed E-state index contributed by atoms with van der Waals surface area (Å²) in [4.78, 5) is 26.7. The summed E-state index contributed by atoms with van der Waals surface area (Å²) in [5, 5.41) is 4.35. The predicted octanol–water partition coefficient (Wildman–Crippen LogP) is 6.77. The van der Waals surface area contributed by atoms with E-state index in [1.165, 1.54) is 41.9 Å². The number of anilines is 1. The number of carbonyl (C=O) groups excluding carboxylic acids is 2. The average molecular weight is 460 g/mol. The van der Waals surface area contributed by atoms with Crippen LogP contribution in [0.25, 0.3) is 21.2 Å². The largest absolute Gasteiger partial charge is 0.465 e. The van der Waals surface area contributed by atoms with Crippen molar-refractivity contribution in [1.29, 1.82) is 0 Å². The van der Waals surface area contributed by atoms with Gasteiger partial charge in [0.15, 0.2) is 0 Å². The summed E-state index contributed by atoms with van der Waals surface area (Å²) in [6, 6.07) is 13.3. The highest BCUT2D eigenvalue weighted by Crippen LogP contribution is 2.42. The molecule has 4 rings (SSSR count). The lowest BCUT2D eigenvalue weighted by Gasteiger charge is -2.08. The van der Waals surface area contributed by atoms with Crippen LogP contribution in [0.3, 0.4) is 0 Å². The van der Waals surface area contributed by atoms with Crippen LogP contribution in [0, 0.1) is 12.7 Å². The van der Waals surface area contributed by atoms with Gasteiger partial charge in [-0.2, -0.15) is 0 Å². The second kappa shape index (κ2) is 8.18. The standard InChI is InChI=1S/C22H15ClFNO3S2/c1-11-16(12-7-9-13(24)10-8-12)17(22(27)28-2)21(29-11)25-20(26)19-18(23)14-5-3-4-6-15(14)30-19/h3-10H,1-2H3,(H,25,26). The Morgan fingerprint density at radius 1 is 1.07 bits per heavy atom. The molecule has 152 valence electrons. The second-order valence-corrected chi connectivity index (χ2v) is 9.09. The number of ether oxygens (including phenoxy) is 1. The number of fused-ring (bicyclic) bond motifs is 1. The van der Waals surface area contributed by atoms with Crippen molar-refractivity contribution >= 4 is 61.2 Å². The Bertz CT molecular complexity index is 1280. The van der Waals surface area contributed by atoms with E-state index in [0.29, 0.717) is 26.0 Å². The monoisotopic (exact) mass is 459 g/mol. The number of carbonyl (C=O) groups is 2. The van der Waals surface area contributed by atoms with E-state index in [0.717, 1.165) is 15.0 Å². The van der Waals surface area contributed by atoms with E-state index >= 15 is 0 Å². The number of thiophene rings is 2. The van der Waals surface area contributed by atoms with Crippen molar-refractivity contribution in [2.24, 2.45) is 0 Å². The summed E-state index contributed by atoms with van der Waals surface area (Å²) in [5.41, 5.74) is 1.49. The van der Waals surface area contributed by atoms with Gasteiger partial charge in [0, 0.05) is 20.5 Å². The molecule has 0 bridgehead atoms. The van der Waals surface area contributed by atoms with Gasteiger partial charge in [0.2, 0.25) is 0 Å². The molecule has 1 N–H and O–H groups in total. The van der Waals surface area contributed by atoms with Crippen molar-refractivity contribution < 1.29 is 18.7 Å². The molecule has 4 nitrogen and oxygen atoms in total. The smallest absolute Gasteiger partial charge is 0.341 e. The van der Waals surface area contributed by atoms with Crippen molar-refractivity contribution in [2.75, 3.05) is 12.4 Å². The molecule has 0 saturated heterocycles. The highest BCUT2D eigenvalue weighted by atomic mass is 35.5. The Balaban J connectivity index is 1.77. The summed E-state index contributed by atoms with van der Waals surface area (Å²) in [6.45, 7) is 1.83. The van der Waals surface area contributed by atoms with Crippen LogP contribution < -0.4 is 5.32 Å². The quantitative estimate of drug-likeness (QED) is 0.342. The fourth-order valence-corrected chi connectivity index (χ4v) is 5.69. The molecule has 4 aromatic rings. The molecule has 0 radical (unpaired) electrons. The summed E-state index contributed by atoms with van der Waals surface area (Å²) >= 11 is 8.96. The van der Waals surface area contributed by atoms with Crippen molar-refractivity contribution in [3.05, 3.63) is 74.7 Å². The van der Waals surface area contributed by atoms with Gasteiger partial charge in [0.05, 0.1) is 12.1 Å². The van der Waals surface area contributed by atoms with E-state index in [2.05, 4.69) is 5.32 Å². The zero-order valence-electron chi connectivity index (χ0n) is 15.9. The molecule has 0 aliphatic heterocycles. The Morgan fingerprint density at radius 2 is 1.77 bits per heavy atom. The number of hydrogen-bond donors (Lipinski definition) is 1. The minimum atomic E-state index is -0.587. The SMILES string of the molecule is COC(=O)c1c(NC(=O)c2sc3ccccc3c2Cl)sc(C)c1-c1ccc(F)cc1. The van der Waals surface area contributed by atoms with Gasteiger partial charge in [-0.05, 0) is 30.7 Å². The van der Waals surface area contributed by atoms with Crippen LogP contribution in [0.15, 0.2) is 48.5 Å². The number of nitrogens with one attached hydrogen (secondary N) is 1. The topological polar surface area (TPSA) is 55.4 Å². The Labute approximate surface area is 184 Å². The first-order valence-electron chi connectivity index (χ1n) is 8.86. The van der Waals surface area contributed by atoms with E-state index in [1.54, 1.807) is 12.1 Å². The average Bonchev–Trinajstić information content (AvgIpc) is 3.25. The molecule has 0 spiro atoms. The maximum atomic E-state index is 13.4. The van der Waals surface area contributed by atoms with Gasteiger partial charge in [0.25, 0.3) is 5.91 Å². The molecule has 30 heavy (non-hydrogen) atoms. The summed E-state index contributed by atoms with van der Waals surface area (Å²) in [5.74, 6) is -1.37. The molecule has 0 aliphatic rings. The number of benzene rings is 2. The van der Waals surface area contributed by atoms with E-state index in [9.17, 15) is 14.0 Å². The zero-order chi connectivity index (χ0) is 21.4. The van der Waals surface area contributed by atoms with Crippen molar-refractivity contribution in [2.45, 2.75) is 6.92 Å². The number of halogens is 2. The first-order valence-corrected chi connectivity index (χ1v) is 10.9. The highest BCUT2D eigenvalue weighted by Gasteiger charge is 2.26. The first kappa shape index (κ1) is 20.5. The number of rotatable bonds is 4. The van der Waals surface area contributed by atoms with Gasteiger partial charge in [-0.3, -0.25) is 4.79 Å². The molecule has 0 aliphatic carbocycles. The Morgan fingerprint density at radius 3 is 2.43 bits per heavy atom. The number of amides is 1. The second-order valence-electron chi connectivity index (χ2n) is 6.43. The van der Waals surface area contributed by atoms with Crippen molar-refractivity contribution in [1.82, 2.24) is 0 Å². The minimum Gasteiger partial charge on any atom is -0.465 e. The summed E-state index contributed by atoms with van der Waals surface area (Å²) < 4.78 is 19.2. The fourth-order valence-electron chi connectivity index (χ4n) is 3.21. The molecule has 0 atom stereocenters. The minimum absolute atomic E-state index is 0.234. The summed E-state index contributed by atoms with van der Waals surface area (Å²) in [6.07, 6.45) is 0. The molecular formula is C22H15ClFNO3S2. The third-order valence-corrected chi connectivity index (χ3v) is 7.27. The van der Waals surface area contributed by atoms with Gasteiger partial charge in [-0.1, -0.05) is 41.9 Å². The molecule has 0 saturated carbocycles. The third kappa shape index (κ3) is 3.60. The van der Waals surface area contributed by atoms with Crippen LogP contribution in [-0.4, -0.2) is 19.0 Å². The first-order chi connectivity index (χ1) is 14.4. The predicted molar refractivity (Wildman–Crippen MR) is 121 cm³/mol. The maximum Gasteiger partial charge on any atom is 0.341 e. The van der Waals surface area contributed by atoms with E-state index < -0.39 is 11.9 Å². The van der Waals surface area contributed by atoms with Gasteiger partial charge in [0.1, 0.15) is 21.3 Å². The van der Waals surface area contributed by atoms with Crippen molar-refractivity contribution in [3.8, 4) is 11.1 Å². The molecule has 2 aromatic heterocycles. The van der Waals surface area contributed by atoms with Crippen LogP contribution in [-0.2, 0) is 4.74 Å². The fraction of sp³-hybridized carbons (Fsp3) is 0.0909. The lowest BCUT2D eigenvalue weighted by Crippen LogP contribution is -2.13. The molecule has 2 aromatic carbocycles. The van der Waals surface area contributed by atoms with Gasteiger partial charge in [-0.25, -0.2) is 9.18 Å². The number of esters is 1. The van der Waals surface area contributed by atoms with Crippen LogP contribution in [0.5, 0.6) is 0 Å². The van der Waals surface area contributed by atoms with Gasteiger partial charge in [-0.15, -0.1) is 22.7 Å². The lowest BCUT2D eigenvalue weighted by molar-refractivity contribution is 0.0603. The van der Waals surface area contributed by atoms with Crippen LogP contribution in [0.4, 0.5) is 9.39 Å². The molecule has 2 heterocycles. The maximum absolute atomic E-state index is 13.4. The van der Waals surface area contributed by atoms with Crippen LogP contribution in [0.1, 0.15) is 24.9 Å².